The zero-order chi connectivity index (χ0) is 10.3. The SMILES string of the molecule is CC(C)c1cccc2c1CN(C)C2C. The van der Waals surface area contributed by atoms with Crippen molar-refractivity contribution in [1.82, 2.24) is 4.90 Å². The van der Waals surface area contributed by atoms with Crippen molar-refractivity contribution in [3.8, 4) is 0 Å². The van der Waals surface area contributed by atoms with Crippen LogP contribution in [-0.2, 0) is 6.54 Å². The lowest BCUT2D eigenvalue weighted by molar-refractivity contribution is 0.286. The van der Waals surface area contributed by atoms with E-state index in [-0.39, 0.29) is 0 Å². The lowest BCUT2D eigenvalue weighted by Crippen LogP contribution is -2.13. The standard InChI is InChI=1S/C13H19N/c1-9(2)11-6-5-7-12-10(3)14(4)8-13(11)12/h5-7,9-10H,8H2,1-4H3. The molecular weight excluding hydrogens is 170 g/mol. The smallest absolute Gasteiger partial charge is 0.0323 e. The summed E-state index contributed by atoms with van der Waals surface area (Å²) in [5, 5.41) is 0. The van der Waals surface area contributed by atoms with E-state index in [2.05, 4.69) is 50.9 Å². The van der Waals surface area contributed by atoms with E-state index in [1.54, 1.807) is 5.56 Å². The van der Waals surface area contributed by atoms with Crippen LogP contribution in [-0.4, -0.2) is 11.9 Å². The molecule has 0 bridgehead atoms. The summed E-state index contributed by atoms with van der Waals surface area (Å²) < 4.78 is 0. The van der Waals surface area contributed by atoms with Gasteiger partial charge >= 0.3 is 0 Å². The van der Waals surface area contributed by atoms with Crippen LogP contribution in [0.15, 0.2) is 18.2 Å². The third-order valence-corrected chi connectivity index (χ3v) is 3.39. The van der Waals surface area contributed by atoms with Crippen LogP contribution in [0, 0.1) is 0 Å². The summed E-state index contributed by atoms with van der Waals surface area (Å²) in [5.41, 5.74) is 4.62. The van der Waals surface area contributed by atoms with Gasteiger partial charge in [0.25, 0.3) is 0 Å². The molecule has 1 aliphatic heterocycles. The molecule has 76 valence electrons. The molecule has 0 saturated heterocycles. The van der Waals surface area contributed by atoms with Crippen molar-refractivity contribution in [3.05, 3.63) is 34.9 Å². The summed E-state index contributed by atoms with van der Waals surface area (Å²) in [5.74, 6) is 0.642. The third-order valence-electron chi connectivity index (χ3n) is 3.39. The van der Waals surface area contributed by atoms with Gasteiger partial charge in [0, 0.05) is 12.6 Å². The third kappa shape index (κ3) is 1.36. The number of fused-ring (bicyclic) bond motifs is 1. The molecule has 0 radical (unpaired) electrons. The molecular formula is C13H19N. The molecule has 1 nitrogen and oxygen atoms in total. The molecule has 1 heterocycles. The monoisotopic (exact) mass is 189 g/mol. The highest BCUT2D eigenvalue weighted by molar-refractivity contribution is 5.41. The Balaban J connectivity index is 2.50. The van der Waals surface area contributed by atoms with Gasteiger partial charge in [0.15, 0.2) is 0 Å². The van der Waals surface area contributed by atoms with Gasteiger partial charge in [-0.1, -0.05) is 32.0 Å². The van der Waals surface area contributed by atoms with E-state index in [4.69, 9.17) is 0 Å². The Labute approximate surface area is 86.7 Å². The van der Waals surface area contributed by atoms with Gasteiger partial charge in [-0.2, -0.15) is 0 Å². The minimum atomic E-state index is 0.587. The van der Waals surface area contributed by atoms with E-state index in [9.17, 15) is 0 Å². The van der Waals surface area contributed by atoms with Crippen molar-refractivity contribution in [3.63, 3.8) is 0 Å². The summed E-state index contributed by atoms with van der Waals surface area (Å²) in [4.78, 5) is 2.41. The molecule has 0 fully saturated rings. The second-order valence-electron chi connectivity index (χ2n) is 4.66. The van der Waals surface area contributed by atoms with Crippen LogP contribution in [0.4, 0.5) is 0 Å². The van der Waals surface area contributed by atoms with Crippen LogP contribution in [0.1, 0.15) is 49.4 Å². The molecule has 1 aliphatic rings. The van der Waals surface area contributed by atoms with Crippen LogP contribution in [0.5, 0.6) is 0 Å². The second kappa shape index (κ2) is 3.39. The van der Waals surface area contributed by atoms with Gasteiger partial charge in [0.2, 0.25) is 0 Å². The summed E-state index contributed by atoms with van der Waals surface area (Å²) in [6.07, 6.45) is 0. The predicted octanol–water partition coefficient (Wildman–Crippen LogP) is 3.32. The van der Waals surface area contributed by atoms with Crippen molar-refractivity contribution >= 4 is 0 Å². The van der Waals surface area contributed by atoms with Crippen molar-refractivity contribution in [1.29, 1.82) is 0 Å². The maximum Gasteiger partial charge on any atom is 0.0323 e. The molecule has 1 aromatic carbocycles. The highest BCUT2D eigenvalue weighted by atomic mass is 15.1. The maximum atomic E-state index is 2.41. The quantitative estimate of drug-likeness (QED) is 0.655. The summed E-state index contributed by atoms with van der Waals surface area (Å²) >= 11 is 0. The van der Waals surface area contributed by atoms with E-state index in [1.165, 1.54) is 11.1 Å². The summed E-state index contributed by atoms with van der Waals surface area (Å²) in [6.45, 7) is 7.96. The lowest BCUT2D eigenvalue weighted by atomic mass is 9.93. The van der Waals surface area contributed by atoms with E-state index in [1.807, 2.05) is 0 Å². The van der Waals surface area contributed by atoms with E-state index in [0.29, 0.717) is 12.0 Å². The molecule has 2 rings (SSSR count). The molecule has 0 N–H and O–H groups in total. The average molecular weight is 189 g/mol. The fourth-order valence-electron chi connectivity index (χ4n) is 2.36. The molecule has 1 aromatic rings. The minimum absolute atomic E-state index is 0.587. The fourth-order valence-corrected chi connectivity index (χ4v) is 2.36. The summed E-state index contributed by atoms with van der Waals surface area (Å²) in [7, 11) is 2.20. The van der Waals surface area contributed by atoms with E-state index in [0.717, 1.165) is 6.54 Å². The first-order valence-electron chi connectivity index (χ1n) is 5.43. The predicted molar refractivity (Wildman–Crippen MR) is 60.4 cm³/mol. The van der Waals surface area contributed by atoms with Gasteiger partial charge < -0.3 is 0 Å². The highest BCUT2D eigenvalue weighted by Gasteiger charge is 2.25. The number of hydrogen-bond acceptors (Lipinski definition) is 1. The Morgan fingerprint density at radius 2 is 2.07 bits per heavy atom. The van der Waals surface area contributed by atoms with Crippen LogP contribution in [0.25, 0.3) is 0 Å². The highest BCUT2D eigenvalue weighted by Crippen LogP contribution is 2.36. The van der Waals surface area contributed by atoms with Crippen molar-refractivity contribution in [2.45, 2.75) is 39.3 Å². The van der Waals surface area contributed by atoms with Gasteiger partial charge in [0.1, 0.15) is 0 Å². The minimum Gasteiger partial charge on any atom is -0.295 e. The fraction of sp³-hybridized carbons (Fsp3) is 0.538. The van der Waals surface area contributed by atoms with Crippen molar-refractivity contribution in [2.24, 2.45) is 0 Å². The normalized spacial score (nSPS) is 21.6. The van der Waals surface area contributed by atoms with Crippen molar-refractivity contribution in [2.75, 3.05) is 7.05 Å². The van der Waals surface area contributed by atoms with Gasteiger partial charge in [-0.3, -0.25) is 4.90 Å². The molecule has 0 aliphatic carbocycles. The van der Waals surface area contributed by atoms with Gasteiger partial charge in [-0.15, -0.1) is 0 Å². The molecule has 0 aromatic heterocycles. The number of rotatable bonds is 1. The van der Waals surface area contributed by atoms with E-state index >= 15 is 0 Å². The Morgan fingerprint density at radius 3 is 2.71 bits per heavy atom. The topological polar surface area (TPSA) is 3.24 Å². The van der Waals surface area contributed by atoms with Crippen LogP contribution in [0.2, 0.25) is 0 Å². The molecule has 1 unspecified atom stereocenters. The largest absolute Gasteiger partial charge is 0.295 e. The maximum absolute atomic E-state index is 2.41. The zero-order valence-corrected chi connectivity index (χ0v) is 9.54. The van der Waals surface area contributed by atoms with E-state index < -0.39 is 0 Å². The average Bonchev–Trinajstić information content (AvgIpc) is 2.43. The Kier molecular flexibility index (Phi) is 2.36. The summed E-state index contributed by atoms with van der Waals surface area (Å²) in [6, 6.07) is 7.33. The number of nitrogens with zero attached hydrogens (tertiary/aromatic N) is 1. The van der Waals surface area contributed by atoms with Crippen LogP contribution >= 0.6 is 0 Å². The van der Waals surface area contributed by atoms with Crippen LogP contribution in [0.3, 0.4) is 0 Å². The van der Waals surface area contributed by atoms with Crippen LogP contribution < -0.4 is 0 Å². The molecule has 1 atom stereocenters. The first-order valence-corrected chi connectivity index (χ1v) is 5.43. The first kappa shape index (κ1) is 9.72. The zero-order valence-electron chi connectivity index (χ0n) is 9.54. The Bertz CT molecular complexity index is 341. The molecule has 14 heavy (non-hydrogen) atoms. The van der Waals surface area contributed by atoms with Gasteiger partial charge in [-0.05, 0) is 36.6 Å². The first-order chi connectivity index (χ1) is 6.61. The molecule has 1 heteroatoms. The Morgan fingerprint density at radius 1 is 1.36 bits per heavy atom. The van der Waals surface area contributed by atoms with Crippen molar-refractivity contribution < 1.29 is 0 Å². The van der Waals surface area contributed by atoms with Gasteiger partial charge in [-0.25, -0.2) is 0 Å². The Hall–Kier alpha value is -0.820. The number of benzene rings is 1. The molecule has 0 spiro atoms. The lowest BCUT2D eigenvalue weighted by Gasteiger charge is -2.13. The molecule has 0 saturated carbocycles. The second-order valence-corrected chi connectivity index (χ2v) is 4.66. The molecule has 0 amide bonds. The van der Waals surface area contributed by atoms with Gasteiger partial charge in [0.05, 0.1) is 0 Å². The number of hydrogen-bond donors (Lipinski definition) is 0.